The van der Waals surface area contributed by atoms with Crippen molar-refractivity contribution in [3.05, 3.63) is 65.1 Å². The maximum absolute atomic E-state index is 14.8. The first-order chi connectivity index (χ1) is 14.6. The van der Waals surface area contributed by atoms with Gasteiger partial charge in [0.2, 0.25) is 0 Å². The van der Waals surface area contributed by atoms with Gasteiger partial charge in [0.05, 0.1) is 16.9 Å². The number of hydrogen-bond donors (Lipinski definition) is 2. The van der Waals surface area contributed by atoms with Crippen molar-refractivity contribution in [2.45, 2.75) is 25.2 Å². The third kappa shape index (κ3) is 3.16. The van der Waals surface area contributed by atoms with Gasteiger partial charge >= 0.3 is 0 Å². The van der Waals surface area contributed by atoms with Gasteiger partial charge in [-0.2, -0.15) is 0 Å². The van der Waals surface area contributed by atoms with Crippen LogP contribution in [0.3, 0.4) is 0 Å². The van der Waals surface area contributed by atoms with Crippen LogP contribution in [0.4, 0.5) is 4.39 Å². The molecule has 2 N–H and O–H groups in total. The fraction of sp³-hybridized carbons (Fsp3) is 0.182. The molecule has 2 aliphatic heterocycles. The molecule has 3 aromatic rings. The lowest BCUT2D eigenvalue weighted by Gasteiger charge is -2.27. The number of amidine groups is 1. The largest absolute Gasteiger partial charge is 0.333 e. The molecule has 6 nitrogen and oxygen atoms in total. The molecule has 30 heavy (non-hydrogen) atoms. The summed E-state index contributed by atoms with van der Waals surface area (Å²) >= 11 is 6.59. The third-order valence-corrected chi connectivity index (χ3v) is 5.67. The van der Waals surface area contributed by atoms with E-state index >= 15 is 0 Å². The first kappa shape index (κ1) is 18.8. The topological polar surface area (TPSA) is 74.0 Å². The molecule has 5 rings (SSSR count). The van der Waals surface area contributed by atoms with Gasteiger partial charge in [0.1, 0.15) is 30.2 Å². The van der Waals surface area contributed by atoms with E-state index in [0.717, 1.165) is 22.3 Å². The predicted octanol–water partition coefficient (Wildman–Crippen LogP) is 4.11. The molecule has 0 fully saturated rings. The molecule has 3 unspecified atom stereocenters. The van der Waals surface area contributed by atoms with E-state index in [1.807, 2.05) is 31.2 Å². The van der Waals surface area contributed by atoms with Gasteiger partial charge in [0, 0.05) is 28.8 Å². The fourth-order valence-corrected chi connectivity index (χ4v) is 4.19. The molecule has 2 aliphatic rings. The Labute approximate surface area is 177 Å². The van der Waals surface area contributed by atoms with Gasteiger partial charge in [-0.05, 0) is 36.8 Å². The molecule has 0 saturated carbocycles. The number of pyridine rings is 1. The molecule has 0 bridgehead atoms. The maximum Gasteiger partial charge on any atom is 0.145 e. The van der Waals surface area contributed by atoms with Crippen LogP contribution in [0, 0.1) is 5.82 Å². The number of aromatic nitrogens is 1. The van der Waals surface area contributed by atoms with E-state index in [4.69, 9.17) is 11.6 Å². The number of aliphatic imine (C=N–C) groups is 3. The molecule has 1 aromatic heterocycles. The van der Waals surface area contributed by atoms with E-state index in [2.05, 4.69) is 30.6 Å². The van der Waals surface area contributed by atoms with Gasteiger partial charge in [-0.15, -0.1) is 0 Å². The van der Waals surface area contributed by atoms with Gasteiger partial charge < -0.3 is 5.32 Å². The summed E-state index contributed by atoms with van der Waals surface area (Å²) in [4.78, 5) is 17.6. The van der Waals surface area contributed by atoms with Crippen molar-refractivity contribution in [2.75, 3.05) is 0 Å². The normalized spacial score (nSPS) is 20.7. The summed E-state index contributed by atoms with van der Waals surface area (Å²) in [7, 11) is 0. The lowest BCUT2D eigenvalue weighted by Crippen LogP contribution is -2.45. The zero-order chi connectivity index (χ0) is 20.7. The summed E-state index contributed by atoms with van der Waals surface area (Å²) in [6, 6.07) is 11.9. The molecule has 150 valence electrons. The molecule has 0 spiro atoms. The third-order valence-electron chi connectivity index (χ3n) is 5.35. The van der Waals surface area contributed by atoms with Crippen LogP contribution < -0.4 is 10.6 Å². The smallest absolute Gasteiger partial charge is 0.145 e. The van der Waals surface area contributed by atoms with Crippen molar-refractivity contribution < 1.29 is 4.39 Å². The second-order valence-electron chi connectivity index (χ2n) is 7.18. The minimum atomic E-state index is -0.310. The van der Waals surface area contributed by atoms with E-state index < -0.39 is 0 Å². The van der Waals surface area contributed by atoms with Crippen molar-refractivity contribution in [1.82, 2.24) is 15.6 Å². The molecule has 3 heterocycles. The quantitative estimate of drug-likeness (QED) is 0.667. The summed E-state index contributed by atoms with van der Waals surface area (Å²) in [6.07, 6.45) is 4.53. The highest BCUT2D eigenvalue weighted by atomic mass is 35.5. The number of halogens is 2. The Morgan fingerprint density at radius 2 is 2.03 bits per heavy atom. The van der Waals surface area contributed by atoms with Crippen molar-refractivity contribution >= 4 is 41.0 Å². The van der Waals surface area contributed by atoms with E-state index in [-0.39, 0.29) is 24.1 Å². The number of nitrogens with one attached hydrogen (secondary N) is 2. The van der Waals surface area contributed by atoms with Crippen LogP contribution in [-0.2, 0) is 0 Å². The number of benzene rings is 2. The molecule has 2 aromatic carbocycles. The van der Waals surface area contributed by atoms with Gasteiger partial charge in [-0.1, -0.05) is 29.8 Å². The minimum absolute atomic E-state index is 0.208. The summed E-state index contributed by atoms with van der Waals surface area (Å²) in [6.45, 7) is 2.00. The highest BCUT2D eigenvalue weighted by molar-refractivity contribution is 6.36. The van der Waals surface area contributed by atoms with E-state index in [0.29, 0.717) is 16.1 Å². The lowest BCUT2D eigenvalue weighted by atomic mass is 9.92. The molecule has 0 radical (unpaired) electrons. The van der Waals surface area contributed by atoms with Crippen LogP contribution >= 0.6 is 11.6 Å². The van der Waals surface area contributed by atoms with Crippen LogP contribution in [0.25, 0.3) is 22.0 Å². The molecular weight excluding hydrogens is 403 g/mol. The Morgan fingerprint density at radius 1 is 1.17 bits per heavy atom. The van der Waals surface area contributed by atoms with Crippen LogP contribution in [-0.4, -0.2) is 35.7 Å². The average molecular weight is 421 g/mol. The Hall–Kier alpha value is -3.16. The van der Waals surface area contributed by atoms with E-state index in [1.54, 1.807) is 24.7 Å². The van der Waals surface area contributed by atoms with Crippen LogP contribution in [0.2, 0.25) is 5.02 Å². The average Bonchev–Trinajstić information content (AvgIpc) is 3.24. The summed E-state index contributed by atoms with van der Waals surface area (Å²) in [5.74, 6) is 0.442. The number of fused-ring (bicyclic) bond motifs is 2. The predicted molar refractivity (Wildman–Crippen MR) is 119 cm³/mol. The lowest BCUT2D eigenvalue weighted by molar-refractivity contribution is 0.447. The van der Waals surface area contributed by atoms with Crippen molar-refractivity contribution in [3.8, 4) is 11.1 Å². The highest BCUT2D eigenvalue weighted by Crippen LogP contribution is 2.39. The molecule has 0 aliphatic carbocycles. The Morgan fingerprint density at radius 3 is 2.90 bits per heavy atom. The highest BCUT2D eigenvalue weighted by Gasteiger charge is 2.32. The number of rotatable bonds is 4. The SMILES string of the molecule is CC(NC1N=CN=C2NC=NC21)c1cc(Cl)c2cccnc2c1-c1ccccc1F. The summed E-state index contributed by atoms with van der Waals surface area (Å²) in [5, 5.41) is 7.86. The Kier molecular flexibility index (Phi) is 4.77. The summed E-state index contributed by atoms with van der Waals surface area (Å²) < 4.78 is 14.8. The molecule has 3 atom stereocenters. The van der Waals surface area contributed by atoms with E-state index in [9.17, 15) is 4.39 Å². The fourth-order valence-electron chi connectivity index (χ4n) is 3.92. The second-order valence-corrected chi connectivity index (χ2v) is 7.59. The molecule has 0 saturated heterocycles. The second kappa shape index (κ2) is 7.59. The first-order valence-electron chi connectivity index (χ1n) is 9.59. The van der Waals surface area contributed by atoms with Crippen molar-refractivity contribution in [2.24, 2.45) is 15.0 Å². The van der Waals surface area contributed by atoms with Crippen LogP contribution in [0.1, 0.15) is 18.5 Å². The maximum atomic E-state index is 14.8. The minimum Gasteiger partial charge on any atom is -0.333 e. The van der Waals surface area contributed by atoms with Crippen LogP contribution in [0.5, 0.6) is 0 Å². The number of nitrogens with zero attached hydrogens (tertiary/aromatic N) is 4. The van der Waals surface area contributed by atoms with Gasteiger partial charge in [0.15, 0.2) is 0 Å². The Balaban J connectivity index is 1.63. The zero-order valence-corrected chi connectivity index (χ0v) is 16.8. The molecule has 0 amide bonds. The van der Waals surface area contributed by atoms with Crippen molar-refractivity contribution in [3.63, 3.8) is 0 Å². The van der Waals surface area contributed by atoms with Crippen LogP contribution in [0.15, 0.2) is 63.6 Å². The molecular formula is C22H18ClFN6. The number of hydrogen-bond acceptors (Lipinski definition) is 6. The van der Waals surface area contributed by atoms with Gasteiger partial charge in [0.25, 0.3) is 0 Å². The molecule has 8 heteroatoms. The first-order valence-corrected chi connectivity index (χ1v) is 9.97. The summed E-state index contributed by atoms with van der Waals surface area (Å²) in [5.41, 5.74) is 2.70. The standard InChI is InChI=1S/C22H18ClFN6/c1-12(30-22-20-21(27-10-26-20)28-11-29-22)15-9-16(23)13-6-4-8-25-19(13)18(15)14-5-2-3-7-17(14)24/h2-12,20,22,30H,1H3,(H,26,27,28,29). The van der Waals surface area contributed by atoms with E-state index in [1.165, 1.54) is 12.4 Å². The van der Waals surface area contributed by atoms with Gasteiger partial charge in [-0.25, -0.2) is 9.38 Å². The zero-order valence-electron chi connectivity index (χ0n) is 16.1. The monoisotopic (exact) mass is 420 g/mol. The van der Waals surface area contributed by atoms with Crippen molar-refractivity contribution in [1.29, 1.82) is 0 Å². The Bertz CT molecular complexity index is 1220. The van der Waals surface area contributed by atoms with Gasteiger partial charge in [-0.3, -0.25) is 20.3 Å².